The van der Waals surface area contributed by atoms with E-state index < -0.39 is 0 Å². The quantitative estimate of drug-likeness (QED) is 0.890. The Kier molecular flexibility index (Phi) is 4.92. The van der Waals surface area contributed by atoms with E-state index in [1.54, 1.807) is 12.1 Å². The fourth-order valence-electron chi connectivity index (χ4n) is 1.74. The van der Waals surface area contributed by atoms with Gasteiger partial charge in [-0.05, 0) is 24.3 Å². The summed E-state index contributed by atoms with van der Waals surface area (Å²) in [5.74, 6) is 2.12. The van der Waals surface area contributed by atoms with Crippen LogP contribution >= 0.6 is 0 Å². The van der Waals surface area contributed by atoms with Crippen molar-refractivity contribution in [3.63, 3.8) is 0 Å². The molecular weight excluding hydrogens is 283 g/mol. The molecule has 2 aromatic rings. The third-order valence-electron chi connectivity index (χ3n) is 3.15. The third-order valence-corrected chi connectivity index (χ3v) is 3.15. The molecule has 0 aliphatic heterocycles. The van der Waals surface area contributed by atoms with E-state index in [9.17, 15) is 4.39 Å². The van der Waals surface area contributed by atoms with E-state index in [1.165, 1.54) is 0 Å². The highest BCUT2D eigenvalue weighted by Gasteiger charge is 2.19. The van der Waals surface area contributed by atoms with Crippen molar-refractivity contribution in [2.45, 2.75) is 26.2 Å². The number of nitrogens with one attached hydrogen (secondary N) is 1. The molecule has 0 spiro atoms. The number of nitrogens with two attached hydrogens (primary N) is 1. The lowest BCUT2D eigenvalue weighted by molar-refractivity contribution is 0.347. The number of rotatable bonds is 5. The highest BCUT2D eigenvalue weighted by atomic mass is 19.1. The summed E-state index contributed by atoms with van der Waals surface area (Å²) < 4.78 is 17.9. The third kappa shape index (κ3) is 3.92. The van der Waals surface area contributed by atoms with Gasteiger partial charge in [0.15, 0.2) is 5.82 Å². The number of aromatic nitrogens is 3. The molecule has 0 atom stereocenters. The van der Waals surface area contributed by atoms with E-state index in [-0.39, 0.29) is 18.6 Å². The van der Waals surface area contributed by atoms with Crippen molar-refractivity contribution in [3.8, 4) is 17.1 Å². The summed E-state index contributed by atoms with van der Waals surface area (Å²) in [6.07, 6.45) is 0.482. The van der Waals surface area contributed by atoms with Gasteiger partial charge < -0.3 is 10.5 Å². The molecule has 1 aromatic carbocycles. The minimum absolute atomic E-state index is 0.0778. The van der Waals surface area contributed by atoms with Gasteiger partial charge in [0.05, 0.1) is 6.33 Å². The highest BCUT2D eigenvalue weighted by Crippen LogP contribution is 2.23. The Balaban J connectivity index is 2.07. The number of H-pyrrole nitrogens is 1. The van der Waals surface area contributed by atoms with Crippen molar-refractivity contribution in [2.24, 2.45) is 5.73 Å². The largest absolute Gasteiger partial charge is 0.489 e. The number of hydrogen-bond donors (Lipinski definition) is 2. The Labute approximate surface area is 129 Å². The van der Waals surface area contributed by atoms with Gasteiger partial charge in [0, 0.05) is 23.1 Å². The van der Waals surface area contributed by atoms with Gasteiger partial charge in [-0.3, -0.25) is 5.10 Å². The monoisotopic (exact) mass is 304 g/mol. The van der Waals surface area contributed by atoms with Crippen molar-refractivity contribution < 1.29 is 9.13 Å². The smallest absolute Gasteiger partial charge is 0.181 e. The summed E-state index contributed by atoms with van der Waals surface area (Å²) >= 11 is 0. The van der Waals surface area contributed by atoms with Gasteiger partial charge in [0.2, 0.25) is 0 Å². The molecule has 3 N–H and O–H groups in total. The average molecular weight is 304 g/mol. The van der Waals surface area contributed by atoms with Crippen molar-refractivity contribution >= 4 is 0 Å². The second-order valence-corrected chi connectivity index (χ2v) is 6.04. The molecule has 0 saturated heterocycles. The Morgan fingerprint density at radius 2 is 2.00 bits per heavy atom. The first-order chi connectivity index (χ1) is 10.4. The molecular formula is C16H21FN4O. The second kappa shape index (κ2) is 6.70. The number of aromatic amines is 1. The molecule has 118 valence electrons. The van der Waals surface area contributed by atoms with Crippen LogP contribution in [0.2, 0.25) is 0 Å². The molecule has 1 aromatic heterocycles. The van der Waals surface area contributed by atoms with Crippen LogP contribution in [0.3, 0.4) is 0 Å². The van der Waals surface area contributed by atoms with Gasteiger partial charge in [0.25, 0.3) is 0 Å². The molecule has 0 radical (unpaired) electrons. The summed E-state index contributed by atoms with van der Waals surface area (Å²) in [6, 6.07) is 7.34. The van der Waals surface area contributed by atoms with Crippen LogP contribution in [0.5, 0.6) is 5.75 Å². The minimum atomic E-state index is -0.0778. The highest BCUT2D eigenvalue weighted by molar-refractivity contribution is 5.56. The molecule has 0 aliphatic rings. The number of hydrogen-bond acceptors (Lipinski definition) is 4. The molecule has 22 heavy (non-hydrogen) atoms. The van der Waals surface area contributed by atoms with E-state index in [0.29, 0.717) is 23.5 Å². The Morgan fingerprint density at radius 3 is 2.50 bits per heavy atom. The van der Waals surface area contributed by atoms with E-state index in [4.69, 9.17) is 10.5 Å². The van der Waals surface area contributed by atoms with Crippen LogP contribution in [0.4, 0.5) is 4.39 Å². The first-order valence-corrected chi connectivity index (χ1v) is 7.08. The zero-order valence-corrected chi connectivity index (χ0v) is 13.1. The maximum Gasteiger partial charge on any atom is 0.181 e. The van der Waals surface area contributed by atoms with Crippen LogP contribution in [0, 0.1) is 0 Å². The van der Waals surface area contributed by atoms with Gasteiger partial charge in [-0.1, -0.05) is 20.8 Å². The van der Waals surface area contributed by atoms with Gasteiger partial charge in [0.1, 0.15) is 18.2 Å². The maximum atomic E-state index is 12.4. The normalized spacial score (nSPS) is 12.5. The predicted molar refractivity (Wildman–Crippen MR) is 84.3 cm³/mol. The lowest BCUT2D eigenvalue weighted by Gasteiger charge is -2.12. The number of halogens is 1. The summed E-state index contributed by atoms with van der Waals surface area (Å²) in [6.45, 7) is 6.49. The molecule has 5 nitrogen and oxygen atoms in total. The van der Waals surface area contributed by atoms with Crippen LogP contribution in [0.15, 0.2) is 36.2 Å². The van der Waals surface area contributed by atoms with E-state index in [1.807, 2.05) is 12.1 Å². The maximum absolute atomic E-state index is 12.4. The Hall–Kier alpha value is -2.21. The number of nitrogens with zero attached hydrogens (tertiary/aromatic N) is 2. The summed E-state index contributed by atoms with van der Waals surface area (Å²) in [5, 5.41) is 7.19. The fourth-order valence-corrected chi connectivity index (χ4v) is 1.74. The van der Waals surface area contributed by atoms with Gasteiger partial charge >= 0.3 is 0 Å². The topological polar surface area (TPSA) is 76.8 Å². The van der Waals surface area contributed by atoms with Crippen molar-refractivity contribution in [1.82, 2.24) is 15.2 Å². The van der Waals surface area contributed by atoms with Crippen LogP contribution in [0.1, 0.15) is 26.6 Å². The lowest BCUT2D eigenvalue weighted by atomic mass is 9.96. The molecule has 0 amide bonds. The molecule has 0 bridgehead atoms. The summed E-state index contributed by atoms with van der Waals surface area (Å²) in [5.41, 5.74) is 6.60. The Morgan fingerprint density at radius 1 is 1.32 bits per heavy atom. The van der Waals surface area contributed by atoms with Gasteiger partial charge in [-0.2, -0.15) is 5.10 Å². The first kappa shape index (κ1) is 16.2. The van der Waals surface area contributed by atoms with Crippen LogP contribution in [-0.2, 0) is 5.41 Å². The average Bonchev–Trinajstić information content (AvgIpc) is 2.99. The molecule has 1 heterocycles. The zero-order chi connectivity index (χ0) is 16.2. The van der Waals surface area contributed by atoms with Crippen molar-refractivity contribution in [1.29, 1.82) is 0 Å². The summed E-state index contributed by atoms with van der Waals surface area (Å²) in [4.78, 5) is 4.50. The van der Waals surface area contributed by atoms with Gasteiger partial charge in [-0.15, -0.1) is 0 Å². The lowest BCUT2D eigenvalue weighted by Crippen LogP contribution is -2.13. The number of benzene rings is 1. The molecule has 6 heteroatoms. The number of ether oxygens (including phenoxy) is 1. The van der Waals surface area contributed by atoms with Crippen LogP contribution in [-0.4, -0.2) is 28.3 Å². The molecule has 2 rings (SSSR count). The van der Waals surface area contributed by atoms with Crippen LogP contribution in [0.25, 0.3) is 11.4 Å². The van der Waals surface area contributed by atoms with E-state index in [0.717, 1.165) is 11.4 Å². The minimum Gasteiger partial charge on any atom is -0.489 e. The zero-order valence-electron chi connectivity index (χ0n) is 13.1. The summed E-state index contributed by atoms with van der Waals surface area (Å²) in [7, 11) is 0. The van der Waals surface area contributed by atoms with Crippen LogP contribution < -0.4 is 10.5 Å². The second-order valence-electron chi connectivity index (χ2n) is 6.04. The molecule has 0 fully saturated rings. The van der Waals surface area contributed by atoms with E-state index in [2.05, 4.69) is 36.0 Å². The van der Waals surface area contributed by atoms with E-state index >= 15 is 0 Å². The first-order valence-electron chi connectivity index (χ1n) is 7.08. The SMILES string of the molecule is CC(C)(C)c1nc(-c2ccc(OC/C(=C/F)CN)cc2)n[nH]1. The molecule has 0 saturated carbocycles. The predicted octanol–water partition coefficient (Wildman–Crippen LogP) is 2.96. The van der Waals surface area contributed by atoms with Gasteiger partial charge in [-0.25, -0.2) is 9.37 Å². The molecule has 0 unspecified atom stereocenters. The standard InChI is InChI=1S/C16H21FN4O/c1-16(2,3)15-19-14(20-21-15)12-4-6-13(7-5-12)22-10-11(8-17)9-18/h4-8H,9-10,18H2,1-3H3,(H,19,20,21)/b11-8+. The fraction of sp³-hybridized carbons (Fsp3) is 0.375. The molecule has 0 aliphatic carbocycles. The Bertz CT molecular complexity index is 641. The van der Waals surface area contributed by atoms with Crippen molar-refractivity contribution in [2.75, 3.05) is 13.2 Å². The van der Waals surface area contributed by atoms with Crippen molar-refractivity contribution in [3.05, 3.63) is 42.0 Å².